The highest BCUT2D eigenvalue weighted by molar-refractivity contribution is 6.32. The minimum Gasteiger partial charge on any atom is -0.307 e. The molecule has 0 fully saturated rings. The number of rotatable bonds is 6. The molecule has 21 heavy (non-hydrogen) atoms. The number of aromatic nitrogens is 4. The van der Waals surface area contributed by atoms with E-state index in [2.05, 4.69) is 27.8 Å². The summed E-state index contributed by atoms with van der Waals surface area (Å²) >= 11 is 5.81. The zero-order valence-corrected chi connectivity index (χ0v) is 12.4. The van der Waals surface area contributed by atoms with Gasteiger partial charge in [-0.25, -0.2) is 0 Å². The number of nitrogens with zero attached hydrogens (tertiary/aromatic N) is 5. The van der Waals surface area contributed by atoms with Gasteiger partial charge < -0.3 is 5.32 Å². The average molecular weight is 311 g/mol. The number of hydrogen-bond acceptors (Lipinski definition) is 6. The molecule has 0 radical (unpaired) electrons. The van der Waals surface area contributed by atoms with Gasteiger partial charge >= 0.3 is 0 Å². The highest BCUT2D eigenvalue weighted by atomic mass is 35.5. The Labute approximate surface area is 126 Å². The average Bonchev–Trinajstić information content (AvgIpc) is 2.94. The molecule has 8 nitrogen and oxygen atoms in total. The standard InChI is InChI=1S/C12H15ClN6O2/c1-3-6-14-8(2)12-15-16-17-18(12)9-4-5-10(13)11(7-9)19(20)21/h4-5,7-8,14H,3,6H2,1-2H3. The molecule has 0 saturated carbocycles. The van der Waals surface area contributed by atoms with Gasteiger partial charge in [0.25, 0.3) is 5.69 Å². The first-order valence-electron chi connectivity index (χ1n) is 6.50. The van der Waals surface area contributed by atoms with Crippen LogP contribution in [0.15, 0.2) is 18.2 Å². The van der Waals surface area contributed by atoms with Gasteiger partial charge in [0.15, 0.2) is 5.82 Å². The van der Waals surface area contributed by atoms with Gasteiger partial charge in [-0.3, -0.25) is 10.1 Å². The molecule has 0 saturated heterocycles. The largest absolute Gasteiger partial charge is 0.307 e. The van der Waals surface area contributed by atoms with Crippen molar-refractivity contribution in [3.8, 4) is 5.69 Å². The lowest BCUT2D eigenvalue weighted by Crippen LogP contribution is -2.22. The van der Waals surface area contributed by atoms with E-state index in [1.807, 2.05) is 6.92 Å². The van der Waals surface area contributed by atoms with Crippen molar-refractivity contribution in [1.82, 2.24) is 25.5 Å². The molecule has 112 valence electrons. The zero-order valence-electron chi connectivity index (χ0n) is 11.7. The van der Waals surface area contributed by atoms with Gasteiger partial charge in [-0.2, -0.15) is 4.68 Å². The fraction of sp³-hybridized carbons (Fsp3) is 0.417. The molecule has 1 heterocycles. The molecule has 1 aromatic heterocycles. The lowest BCUT2D eigenvalue weighted by Gasteiger charge is -2.12. The predicted octanol–water partition coefficient (Wildman–Crippen LogP) is 2.28. The summed E-state index contributed by atoms with van der Waals surface area (Å²) in [5.74, 6) is 0.583. The lowest BCUT2D eigenvalue weighted by molar-refractivity contribution is -0.384. The highest BCUT2D eigenvalue weighted by Crippen LogP contribution is 2.27. The molecule has 2 aromatic rings. The minimum absolute atomic E-state index is 0.0744. The predicted molar refractivity (Wildman–Crippen MR) is 77.5 cm³/mol. The van der Waals surface area contributed by atoms with Crippen LogP contribution in [0.2, 0.25) is 5.02 Å². The van der Waals surface area contributed by atoms with E-state index in [1.54, 1.807) is 6.07 Å². The Hall–Kier alpha value is -2.06. The van der Waals surface area contributed by atoms with Gasteiger partial charge in [-0.15, -0.1) is 5.10 Å². The first kappa shape index (κ1) is 15.3. The van der Waals surface area contributed by atoms with Crippen molar-refractivity contribution in [3.63, 3.8) is 0 Å². The summed E-state index contributed by atoms with van der Waals surface area (Å²) in [6.07, 6.45) is 0.984. The van der Waals surface area contributed by atoms with Crippen LogP contribution in [-0.4, -0.2) is 31.7 Å². The molecule has 9 heteroatoms. The third kappa shape index (κ3) is 3.34. The van der Waals surface area contributed by atoms with Crippen LogP contribution in [0.4, 0.5) is 5.69 Å². The Bertz CT molecular complexity index is 644. The van der Waals surface area contributed by atoms with Crippen LogP contribution in [0.5, 0.6) is 0 Å². The minimum atomic E-state index is -0.533. The molecule has 0 aliphatic heterocycles. The van der Waals surface area contributed by atoms with Crippen LogP contribution in [0.3, 0.4) is 0 Å². The molecule has 1 N–H and O–H groups in total. The third-order valence-corrected chi connectivity index (χ3v) is 3.27. The van der Waals surface area contributed by atoms with Gasteiger partial charge in [0.1, 0.15) is 5.02 Å². The molecule has 0 spiro atoms. The number of nitro groups is 1. The van der Waals surface area contributed by atoms with Crippen LogP contribution >= 0.6 is 11.6 Å². The topological polar surface area (TPSA) is 98.8 Å². The number of nitrogens with one attached hydrogen (secondary N) is 1. The Kier molecular flexibility index (Phi) is 4.81. The Balaban J connectivity index is 2.37. The summed E-state index contributed by atoms with van der Waals surface area (Å²) in [4.78, 5) is 10.4. The molecule has 0 aliphatic carbocycles. The van der Waals surface area contributed by atoms with Crippen LogP contribution in [0, 0.1) is 10.1 Å². The first-order chi connectivity index (χ1) is 10.0. The molecule has 0 bridgehead atoms. The van der Waals surface area contributed by atoms with Crippen molar-refractivity contribution in [2.45, 2.75) is 26.3 Å². The second-order valence-corrected chi connectivity index (χ2v) is 4.92. The number of tetrazole rings is 1. The van der Waals surface area contributed by atoms with Gasteiger partial charge in [-0.1, -0.05) is 18.5 Å². The normalized spacial score (nSPS) is 12.3. The number of halogens is 1. The maximum absolute atomic E-state index is 11.0. The Morgan fingerprint density at radius 3 is 2.95 bits per heavy atom. The van der Waals surface area contributed by atoms with E-state index in [4.69, 9.17) is 11.6 Å². The molecular weight excluding hydrogens is 296 g/mol. The summed E-state index contributed by atoms with van der Waals surface area (Å²) in [6.45, 7) is 4.82. The van der Waals surface area contributed by atoms with Gasteiger partial charge in [0, 0.05) is 6.07 Å². The van der Waals surface area contributed by atoms with Crippen molar-refractivity contribution in [3.05, 3.63) is 39.2 Å². The van der Waals surface area contributed by atoms with E-state index in [-0.39, 0.29) is 16.8 Å². The van der Waals surface area contributed by atoms with Gasteiger partial charge in [0.05, 0.1) is 16.7 Å². The van der Waals surface area contributed by atoms with E-state index >= 15 is 0 Å². The van der Waals surface area contributed by atoms with E-state index in [9.17, 15) is 10.1 Å². The molecule has 1 atom stereocenters. The maximum Gasteiger partial charge on any atom is 0.290 e. The van der Waals surface area contributed by atoms with Crippen molar-refractivity contribution >= 4 is 17.3 Å². The summed E-state index contributed by atoms with van der Waals surface area (Å²) in [5, 5.41) is 25.8. The quantitative estimate of drug-likeness (QED) is 0.649. The molecule has 0 amide bonds. The summed E-state index contributed by atoms with van der Waals surface area (Å²) in [6, 6.07) is 4.39. The van der Waals surface area contributed by atoms with Crippen molar-refractivity contribution in [2.24, 2.45) is 0 Å². The number of hydrogen-bond donors (Lipinski definition) is 1. The van der Waals surface area contributed by atoms with Crippen molar-refractivity contribution in [1.29, 1.82) is 0 Å². The SMILES string of the molecule is CCCNC(C)c1nnnn1-c1ccc(Cl)c([N+](=O)[O-])c1. The second kappa shape index (κ2) is 6.59. The third-order valence-electron chi connectivity index (χ3n) is 2.95. The maximum atomic E-state index is 11.0. The summed E-state index contributed by atoms with van der Waals surface area (Å²) in [7, 11) is 0. The lowest BCUT2D eigenvalue weighted by atomic mass is 10.2. The van der Waals surface area contributed by atoms with Crippen molar-refractivity contribution < 1.29 is 4.92 Å². The molecule has 1 unspecified atom stereocenters. The number of nitro benzene ring substituents is 1. The molecule has 1 aromatic carbocycles. The molecular formula is C12H15ClN6O2. The van der Waals surface area contributed by atoms with Gasteiger partial charge in [-0.05, 0) is 42.4 Å². The summed E-state index contributed by atoms with van der Waals surface area (Å²) < 4.78 is 1.47. The monoisotopic (exact) mass is 310 g/mol. The van der Waals surface area contributed by atoms with E-state index in [0.29, 0.717) is 11.5 Å². The fourth-order valence-electron chi connectivity index (χ4n) is 1.87. The second-order valence-electron chi connectivity index (χ2n) is 4.52. The first-order valence-corrected chi connectivity index (χ1v) is 6.88. The van der Waals surface area contributed by atoms with Gasteiger partial charge in [0.2, 0.25) is 0 Å². The highest BCUT2D eigenvalue weighted by Gasteiger charge is 2.19. The zero-order chi connectivity index (χ0) is 15.4. The van der Waals surface area contributed by atoms with Crippen LogP contribution in [0.1, 0.15) is 32.1 Å². The van der Waals surface area contributed by atoms with Crippen LogP contribution < -0.4 is 5.32 Å². The van der Waals surface area contributed by atoms with E-state index in [1.165, 1.54) is 16.8 Å². The van der Waals surface area contributed by atoms with Crippen molar-refractivity contribution in [2.75, 3.05) is 6.54 Å². The summed E-state index contributed by atoms with van der Waals surface area (Å²) in [5.41, 5.74) is 0.320. The van der Waals surface area contributed by atoms with Crippen LogP contribution in [-0.2, 0) is 0 Å². The number of benzene rings is 1. The van der Waals surface area contributed by atoms with Crippen LogP contribution in [0.25, 0.3) is 5.69 Å². The smallest absolute Gasteiger partial charge is 0.290 e. The fourth-order valence-corrected chi connectivity index (χ4v) is 2.06. The Morgan fingerprint density at radius 2 is 2.29 bits per heavy atom. The molecule has 0 aliphatic rings. The molecule has 2 rings (SSSR count). The van der Waals surface area contributed by atoms with E-state index < -0.39 is 4.92 Å². The van der Waals surface area contributed by atoms with E-state index in [0.717, 1.165) is 13.0 Å². The Morgan fingerprint density at radius 1 is 1.52 bits per heavy atom.